The number of rotatable bonds is 6. The van der Waals surface area contributed by atoms with Crippen molar-refractivity contribution in [3.05, 3.63) is 51.8 Å². The summed E-state index contributed by atoms with van der Waals surface area (Å²) in [7, 11) is 0. The van der Waals surface area contributed by atoms with E-state index in [0.717, 1.165) is 6.42 Å². The smallest absolute Gasteiger partial charge is 0.266 e. The highest BCUT2D eigenvalue weighted by molar-refractivity contribution is 6.31. The molecule has 0 aliphatic carbocycles. The van der Waals surface area contributed by atoms with Gasteiger partial charge in [-0.1, -0.05) is 44.5 Å². The Morgan fingerprint density at radius 2 is 2.04 bits per heavy atom. The number of carbonyl (C=O) groups is 1. The number of aromatic nitrogens is 2. The molecule has 26 heavy (non-hydrogen) atoms. The highest BCUT2D eigenvalue weighted by Crippen LogP contribution is 2.24. The first kappa shape index (κ1) is 19.7. The molecule has 1 N–H and O–H groups in total. The van der Waals surface area contributed by atoms with Crippen molar-refractivity contribution in [1.82, 2.24) is 9.78 Å². The lowest BCUT2D eigenvalue weighted by Crippen LogP contribution is -2.13. The SMILES string of the molecule is CCc1ccc(NC(=O)/C(C#N)=C/c2c(C)nn(CC(C)C)c2Cl)cc1. The van der Waals surface area contributed by atoms with Crippen LogP contribution in [0.3, 0.4) is 0 Å². The van der Waals surface area contributed by atoms with Gasteiger partial charge in [-0.15, -0.1) is 0 Å². The van der Waals surface area contributed by atoms with Gasteiger partial charge in [-0.05, 0) is 43.0 Å². The van der Waals surface area contributed by atoms with Crippen molar-refractivity contribution in [1.29, 1.82) is 5.26 Å². The summed E-state index contributed by atoms with van der Waals surface area (Å²) < 4.78 is 1.70. The molecule has 5 nitrogen and oxygen atoms in total. The average molecular weight is 371 g/mol. The van der Waals surface area contributed by atoms with Crippen LogP contribution in [0.25, 0.3) is 6.08 Å². The summed E-state index contributed by atoms with van der Waals surface area (Å²) in [6.45, 7) is 8.69. The molecule has 0 unspecified atom stereocenters. The number of amides is 1. The van der Waals surface area contributed by atoms with E-state index in [1.807, 2.05) is 37.3 Å². The van der Waals surface area contributed by atoms with Gasteiger partial charge in [0.2, 0.25) is 0 Å². The van der Waals surface area contributed by atoms with E-state index in [9.17, 15) is 10.1 Å². The summed E-state index contributed by atoms with van der Waals surface area (Å²) in [6.07, 6.45) is 2.42. The Hall–Kier alpha value is -2.58. The number of nitrogens with one attached hydrogen (secondary N) is 1. The van der Waals surface area contributed by atoms with E-state index in [2.05, 4.69) is 31.2 Å². The van der Waals surface area contributed by atoms with Crippen LogP contribution in [-0.2, 0) is 17.8 Å². The van der Waals surface area contributed by atoms with E-state index < -0.39 is 5.91 Å². The molecule has 6 heteroatoms. The Balaban J connectivity index is 2.25. The molecule has 0 saturated carbocycles. The highest BCUT2D eigenvalue weighted by atomic mass is 35.5. The van der Waals surface area contributed by atoms with Crippen LogP contribution in [0.1, 0.15) is 37.6 Å². The maximum absolute atomic E-state index is 12.4. The fourth-order valence-corrected chi connectivity index (χ4v) is 2.81. The lowest BCUT2D eigenvalue weighted by Gasteiger charge is -2.06. The van der Waals surface area contributed by atoms with Crippen LogP contribution in [0.15, 0.2) is 29.8 Å². The number of hydrogen-bond donors (Lipinski definition) is 1. The Labute approximate surface area is 159 Å². The van der Waals surface area contributed by atoms with Crippen LogP contribution in [0.5, 0.6) is 0 Å². The summed E-state index contributed by atoms with van der Waals surface area (Å²) in [5.74, 6) is -0.0858. The Kier molecular flexibility index (Phi) is 6.59. The van der Waals surface area contributed by atoms with E-state index in [4.69, 9.17) is 11.6 Å². The molecule has 1 amide bonds. The first-order valence-electron chi connectivity index (χ1n) is 8.60. The van der Waals surface area contributed by atoms with E-state index in [0.29, 0.717) is 34.6 Å². The molecule has 2 aromatic rings. The Bertz CT molecular complexity index is 857. The minimum Gasteiger partial charge on any atom is -0.321 e. The maximum Gasteiger partial charge on any atom is 0.266 e. The third kappa shape index (κ3) is 4.74. The topological polar surface area (TPSA) is 70.7 Å². The van der Waals surface area contributed by atoms with Crippen molar-refractivity contribution in [3.63, 3.8) is 0 Å². The number of halogens is 1. The predicted molar refractivity (Wildman–Crippen MR) is 105 cm³/mol. The van der Waals surface area contributed by atoms with Crippen molar-refractivity contribution in [2.24, 2.45) is 5.92 Å². The molecule has 2 rings (SSSR count). The Morgan fingerprint density at radius 3 is 2.58 bits per heavy atom. The number of hydrogen-bond acceptors (Lipinski definition) is 3. The molecule has 0 spiro atoms. The van der Waals surface area contributed by atoms with Gasteiger partial charge in [0.1, 0.15) is 16.8 Å². The average Bonchev–Trinajstić information content (AvgIpc) is 2.86. The molecule has 0 bridgehead atoms. The predicted octanol–water partition coefficient (Wildman–Crippen LogP) is 4.61. The van der Waals surface area contributed by atoms with E-state index >= 15 is 0 Å². The van der Waals surface area contributed by atoms with Crippen molar-refractivity contribution in [2.45, 2.75) is 40.7 Å². The monoisotopic (exact) mass is 370 g/mol. The normalized spacial score (nSPS) is 11.5. The van der Waals surface area contributed by atoms with Gasteiger partial charge in [0.05, 0.1) is 5.69 Å². The van der Waals surface area contributed by atoms with E-state index in [-0.39, 0.29) is 5.57 Å². The van der Waals surface area contributed by atoms with Gasteiger partial charge in [-0.2, -0.15) is 10.4 Å². The zero-order valence-corrected chi connectivity index (χ0v) is 16.3. The fourth-order valence-electron chi connectivity index (χ4n) is 2.51. The molecular formula is C20H23ClN4O. The molecule has 0 fully saturated rings. The number of nitrogens with zero attached hydrogens (tertiary/aromatic N) is 3. The second kappa shape index (κ2) is 8.68. The molecule has 0 aliphatic heterocycles. The molecule has 0 atom stereocenters. The van der Waals surface area contributed by atoms with Crippen molar-refractivity contribution < 1.29 is 4.79 Å². The highest BCUT2D eigenvalue weighted by Gasteiger charge is 2.16. The van der Waals surface area contributed by atoms with Gasteiger partial charge in [0.25, 0.3) is 5.91 Å². The second-order valence-corrected chi connectivity index (χ2v) is 6.90. The number of nitriles is 1. The minimum absolute atomic E-state index is 0.0151. The Morgan fingerprint density at radius 1 is 1.38 bits per heavy atom. The fraction of sp³-hybridized carbons (Fsp3) is 0.350. The summed E-state index contributed by atoms with van der Waals surface area (Å²) in [6, 6.07) is 9.49. The molecule has 0 saturated heterocycles. The molecule has 0 aliphatic rings. The molecule has 1 aromatic carbocycles. The first-order valence-corrected chi connectivity index (χ1v) is 8.98. The third-order valence-corrected chi connectivity index (χ3v) is 4.32. The lowest BCUT2D eigenvalue weighted by molar-refractivity contribution is -0.112. The molecule has 136 valence electrons. The van der Waals surface area contributed by atoms with Gasteiger partial charge in [-0.25, -0.2) is 0 Å². The zero-order chi connectivity index (χ0) is 19.3. The van der Waals surface area contributed by atoms with Gasteiger partial charge < -0.3 is 5.32 Å². The van der Waals surface area contributed by atoms with Gasteiger partial charge in [0.15, 0.2) is 0 Å². The number of carbonyl (C=O) groups excluding carboxylic acids is 1. The molecular weight excluding hydrogens is 348 g/mol. The van der Waals surface area contributed by atoms with Crippen LogP contribution in [-0.4, -0.2) is 15.7 Å². The summed E-state index contributed by atoms with van der Waals surface area (Å²) >= 11 is 6.39. The molecule has 1 heterocycles. The largest absolute Gasteiger partial charge is 0.321 e. The van der Waals surface area contributed by atoms with E-state index in [1.54, 1.807) is 4.68 Å². The summed E-state index contributed by atoms with van der Waals surface area (Å²) in [5, 5.41) is 17.0. The van der Waals surface area contributed by atoms with Crippen LogP contribution >= 0.6 is 11.6 Å². The van der Waals surface area contributed by atoms with Crippen molar-refractivity contribution in [2.75, 3.05) is 5.32 Å². The molecule has 0 radical (unpaired) electrons. The summed E-state index contributed by atoms with van der Waals surface area (Å²) in [4.78, 5) is 12.4. The lowest BCUT2D eigenvalue weighted by atomic mass is 10.1. The summed E-state index contributed by atoms with van der Waals surface area (Å²) in [5.41, 5.74) is 3.09. The number of benzene rings is 1. The van der Waals surface area contributed by atoms with Crippen LogP contribution in [0.2, 0.25) is 5.15 Å². The number of anilines is 1. The number of aryl methyl sites for hydroxylation is 2. The quantitative estimate of drug-likeness (QED) is 0.596. The third-order valence-electron chi connectivity index (χ3n) is 3.92. The first-order chi connectivity index (χ1) is 12.3. The van der Waals surface area contributed by atoms with Crippen LogP contribution < -0.4 is 5.32 Å². The zero-order valence-electron chi connectivity index (χ0n) is 15.5. The van der Waals surface area contributed by atoms with Gasteiger partial charge >= 0.3 is 0 Å². The standard InChI is InChI=1S/C20H23ClN4O/c1-5-15-6-8-17(9-7-15)23-20(26)16(11-22)10-18-14(4)24-25(19(18)21)12-13(2)3/h6-10,13H,5,12H2,1-4H3,(H,23,26)/b16-10+. The van der Waals surface area contributed by atoms with Crippen molar-refractivity contribution in [3.8, 4) is 6.07 Å². The van der Waals surface area contributed by atoms with E-state index in [1.165, 1.54) is 11.6 Å². The molecule has 1 aromatic heterocycles. The van der Waals surface area contributed by atoms with Crippen LogP contribution in [0, 0.1) is 24.2 Å². The van der Waals surface area contributed by atoms with Crippen molar-refractivity contribution >= 4 is 29.3 Å². The minimum atomic E-state index is -0.469. The van der Waals surface area contributed by atoms with Gasteiger partial charge in [0, 0.05) is 17.8 Å². The van der Waals surface area contributed by atoms with Gasteiger partial charge in [-0.3, -0.25) is 9.48 Å². The second-order valence-electron chi connectivity index (χ2n) is 6.54. The van der Waals surface area contributed by atoms with Crippen LogP contribution in [0.4, 0.5) is 5.69 Å². The maximum atomic E-state index is 12.4.